The number of amides is 1. The summed E-state index contributed by atoms with van der Waals surface area (Å²) in [6.45, 7) is 1.94. The lowest BCUT2D eigenvalue weighted by atomic mass is 10.3. The minimum atomic E-state index is -1.03. The van der Waals surface area contributed by atoms with Crippen molar-refractivity contribution in [1.29, 1.82) is 0 Å². The fourth-order valence-corrected chi connectivity index (χ4v) is 0.484. The Morgan fingerprint density at radius 2 is 2.10 bits per heavy atom. The van der Waals surface area contributed by atoms with E-state index in [0.29, 0.717) is 0 Å². The van der Waals surface area contributed by atoms with Crippen molar-refractivity contribution in [3.05, 3.63) is 0 Å². The number of carbonyl (C=O) groups excluding carboxylic acids is 2. The van der Waals surface area contributed by atoms with Crippen LogP contribution in [0.15, 0.2) is 0 Å². The molecule has 0 aromatic carbocycles. The summed E-state index contributed by atoms with van der Waals surface area (Å²) in [6, 6.07) is 0. The molecular weight excluding hydrogens is 134 g/mol. The molecule has 0 bridgehead atoms. The second kappa shape index (κ2) is 4.78. The second-order valence-electron chi connectivity index (χ2n) is 1.90. The van der Waals surface area contributed by atoms with Crippen LogP contribution in [0.4, 0.5) is 4.79 Å². The van der Waals surface area contributed by atoms with Crippen LogP contribution in [0.25, 0.3) is 0 Å². The Hall–Kier alpha value is -1.06. The van der Waals surface area contributed by atoms with Crippen LogP contribution in [0.3, 0.4) is 0 Å². The molecule has 0 atom stereocenters. The Morgan fingerprint density at radius 3 is 2.50 bits per heavy atom. The molecule has 1 amide bonds. The largest absolute Gasteiger partial charge is 0.412 e. The summed E-state index contributed by atoms with van der Waals surface area (Å²) in [5.74, 6) is -0.547. The predicted molar refractivity (Wildman–Crippen MR) is 35.2 cm³/mol. The van der Waals surface area contributed by atoms with Crippen LogP contribution in [0.1, 0.15) is 26.2 Å². The van der Waals surface area contributed by atoms with Crippen LogP contribution < -0.4 is 5.73 Å². The Kier molecular flexibility index (Phi) is 4.28. The number of nitrogens with two attached hydrogens (primary N) is 1. The van der Waals surface area contributed by atoms with Gasteiger partial charge in [-0.15, -0.1) is 0 Å². The first-order chi connectivity index (χ1) is 4.66. The third-order valence-electron chi connectivity index (χ3n) is 0.949. The number of hydrogen-bond donors (Lipinski definition) is 1. The first-order valence-corrected chi connectivity index (χ1v) is 3.17. The molecule has 0 aliphatic rings. The van der Waals surface area contributed by atoms with Crippen LogP contribution in [0.2, 0.25) is 0 Å². The van der Waals surface area contributed by atoms with Crippen molar-refractivity contribution in [3.8, 4) is 0 Å². The number of hydrogen-bond acceptors (Lipinski definition) is 3. The molecule has 2 N–H and O–H groups in total. The molecule has 0 radical (unpaired) electrons. The van der Waals surface area contributed by atoms with Crippen LogP contribution in [0.5, 0.6) is 0 Å². The summed E-state index contributed by atoms with van der Waals surface area (Å²) < 4.78 is 4.05. The van der Waals surface area contributed by atoms with Crippen LogP contribution in [-0.2, 0) is 9.53 Å². The maximum absolute atomic E-state index is 10.5. The summed E-state index contributed by atoms with van der Waals surface area (Å²) in [6.07, 6.45) is 0.862. The fourth-order valence-electron chi connectivity index (χ4n) is 0.484. The first-order valence-electron chi connectivity index (χ1n) is 3.17. The van der Waals surface area contributed by atoms with Crippen LogP contribution in [-0.4, -0.2) is 12.1 Å². The van der Waals surface area contributed by atoms with Gasteiger partial charge in [-0.05, 0) is 6.42 Å². The Labute approximate surface area is 59.3 Å². The van der Waals surface area contributed by atoms with E-state index in [4.69, 9.17) is 0 Å². The van der Waals surface area contributed by atoms with Crippen molar-refractivity contribution in [2.24, 2.45) is 5.73 Å². The molecule has 4 heteroatoms. The van der Waals surface area contributed by atoms with Gasteiger partial charge < -0.3 is 10.5 Å². The molecule has 4 nitrogen and oxygen atoms in total. The van der Waals surface area contributed by atoms with Gasteiger partial charge in [-0.3, -0.25) is 4.79 Å². The van der Waals surface area contributed by atoms with Crippen molar-refractivity contribution in [3.63, 3.8) is 0 Å². The minimum Gasteiger partial charge on any atom is -0.376 e. The van der Waals surface area contributed by atoms with E-state index in [2.05, 4.69) is 10.5 Å². The Bertz CT molecular complexity index is 133. The summed E-state index contributed by atoms with van der Waals surface area (Å²) in [4.78, 5) is 20.4. The van der Waals surface area contributed by atoms with E-state index in [9.17, 15) is 9.59 Å². The van der Waals surface area contributed by atoms with Crippen LogP contribution >= 0.6 is 0 Å². The second-order valence-corrected chi connectivity index (χ2v) is 1.90. The third-order valence-corrected chi connectivity index (χ3v) is 0.949. The Morgan fingerprint density at radius 1 is 1.50 bits per heavy atom. The maximum atomic E-state index is 10.5. The average Bonchev–Trinajstić information content (AvgIpc) is 1.82. The molecule has 0 unspecified atom stereocenters. The molecule has 0 aliphatic heterocycles. The molecule has 10 heavy (non-hydrogen) atoms. The van der Waals surface area contributed by atoms with Gasteiger partial charge in [0.15, 0.2) is 0 Å². The van der Waals surface area contributed by atoms with E-state index >= 15 is 0 Å². The molecule has 0 rings (SSSR count). The van der Waals surface area contributed by atoms with E-state index < -0.39 is 12.1 Å². The van der Waals surface area contributed by atoms with E-state index in [1.54, 1.807) is 0 Å². The summed E-state index contributed by atoms with van der Waals surface area (Å²) >= 11 is 0. The zero-order valence-corrected chi connectivity index (χ0v) is 5.92. The topological polar surface area (TPSA) is 69.4 Å². The summed E-state index contributed by atoms with van der Waals surface area (Å²) in [7, 11) is 0. The fraction of sp³-hybridized carbons (Fsp3) is 0.667. The van der Waals surface area contributed by atoms with E-state index in [1.807, 2.05) is 6.92 Å². The number of primary amides is 1. The molecule has 0 aliphatic carbocycles. The highest BCUT2D eigenvalue weighted by atomic mass is 16.6. The molecule has 0 saturated heterocycles. The first kappa shape index (κ1) is 8.94. The van der Waals surface area contributed by atoms with E-state index in [1.165, 1.54) is 0 Å². The normalized spacial score (nSPS) is 8.90. The van der Waals surface area contributed by atoms with Gasteiger partial charge in [-0.25, -0.2) is 4.79 Å². The van der Waals surface area contributed by atoms with Crippen molar-refractivity contribution in [2.45, 2.75) is 26.2 Å². The lowest BCUT2D eigenvalue weighted by molar-refractivity contribution is -0.137. The molecule has 0 fully saturated rings. The van der Waals surface area contributed by atoms with Crippen molar-refractivity contribution < 1.29 is 14.3 Å². The van der Waals surface area contributed by atoms with E-state index in [-0.39, 0.29) is 6.42 Å². The summed E-state index contributed by atoms with van der Waals surface area (Å²) in [5.41, 5.74) is 4.58. The number of unbranched alkanes of at least 4 members (excludes halogenated alkanes) is 1. The molecule has 0 saturated carbocycles. The highest BCUT2D eigenvalue weighted by Gasteiger charge is 2.04. The third kappa shape index (κ3) is 5.08. The summed E-state index contributed by atoms with van der Waals surface area (Å²) in [5, 5.41) is 0. The van der Waals surface area contributed by atoms with Crippen molar-refractivity contribution in [1.82, 2.24) is 0 Å². The van der Waals surface area contributed by atoms with Gasteiger partial charge in [0.25, 0.3) is 0 Å². The quantitative estimate of drug-likeness (QED) is 0.471. The zero-order valence-electron chi connectivity index (χ0n) is 5.92. The van der Waals surface area contributed by atoms with Gasteiger partial charge in [0.05, 0.1) is 0 Å². The number of carbonyl (C=O) groups is 2. The molecule has 0 spiro atoms. The molecule has 58 valence electrons. The van der Waals surface area contributed by atoms with Crippen LogP contribution in [0, 0.1) is 0 Å². The van der Waals surface area contributed by atoms with Crippen molar-refractivity contribution in [2.75, 3.05) is 0 Å². The number of rotatable bonds is 3. The number of ether oxygens (including phenoxy) is 1. The smallest absolute Gasteiger partial charge is 0.376 e. The van der Waals surface area contributed by atoms with Gasteiger partial charge in [0, 0.05) is 6.42 Å². The lowest BCUT2D eigenvalue weighted by Gasteiger charge is -1.96. The standard InChI is InChI=1S/C6H11NO3/c1-2-3-4-5(8)10-6(7)9/h2-4H2,1H3,(H2,7,9). The SMILES string of the molecule is CCCCC(=O)OC(N)=O. The average molecular weight is 145 g/mol. The van der Waals surface area contributed by atoms with Gasteiger partial charge in [-0.1, -0.05) is 13.3 Å². The van der Waals surface area contributed by atoms with Gasteiger partial charge in [-0.2, -0.15) is 0 Å². The van der Waals surface area contributed by atoms with Gasteiger partial charge in [0.2, 0.25) is 0 Å². The lowest BCUT2D eigenvalue weighted by Crippen LogP contribution is -2.17. The minimum absolute atomic E-state index is 0.263. The molecule has 0 aromatic rings. The van der Waals surface area contributed by atoms with Crippen molar-refractivity contribution >= 4 is 12.1 Å². The molecular formula is C6H11NO3. The highest BCUT2D eigenvalue weighted by molar-refractivity contribution is 5.83. The van der Waals surface area contributed by atoms with Gasteiger partial charge in [0.1, 0.15) is 0 Å². The molecule has 0 heterocycles. The number of esters is 1. The monoisotopic (exact) mass is 145 g/mol. The van der Waals surface area contributed by atoms with E-state index in [0.717, 1.165) is 12.8 Å². The predicted octanol–water partition coefficient (Wildman–Crippen LogP) is 0.798. The zero-order chi connectivity index (χ0) is 7.98. The Balaban J connectivity index is 3.35. The maximum Gasteiger partial charge on any atom is 0.412 e. The highest BCUT2D eigenvalue weighted by Crippen LogP contribution is 1.95. The molecule has 0 aromatic heterocycles. The van der Waals surface area contributed by atoms with Gasteiger partial charge >= 0.3 is 12.1 Å².